The van der Waals surface area contributed by atoms with E-state index < -0.39 is 0 Å². The van der Waals surface area contributed by atoms with Crippen molar-refractivity contribution >= 4 is 24.2 Å². The van der Waals surface area contributed by atoms with Gasteiger partial charge >= 0.3 is 0 Å². The molecule has 2 unspecified atom stereocenters. The summed E-state index contributed by atoms with van der Waals surface area (Å²) in [4.78, 5) is 24.2. The topological polar surface area (TPSA) is 103 Å². The molecule has 2 aliphatic rings. The van der Waals surface area contributed by atoms with Crippen molar-refractivity contribution < 1.29 is 19.1 Å². The predicted octanol–water partition coefficient (Wildman–Crippen LogP) is 1.88. The molecule has 28 heavy (non-hydrogen) atoms. The number of methoxy groups -OCH3 is 1. The summed E-state index contributed by atoms with van der Waals surface area (Å²) in [5.41, 5.74) is 6.69. The Morgan fingerprint density at radius 3 is 2.46 bits per heavy atom. The maximum atomic E-state index is 12.8. The van der Waals surface area contributed by atoms with Gasteiger partial charge in [0.25, 0.3) is 11.8 Å². The van der Waals surface area contributed by atoms with Gasteiger partial charge in [0.15, 0.2) is 18.1 Å². The van der Waals surface area contributed by atoms with Gasteiger partial charge in [-0.25, -0.2) is 0 Å². The van der Waals surface area contributed by atoms with Gasteiger partial charge in [-0.2, -0.15) is 0 Å². The molecule has 2 atom stereocenters. The number of nitrogens with two attached hydrogens (primary N) is 1. The lowest BCUT2D eigenvalue weighted by molar-refractivity contribution is -0.122. The highest BCUT2D eigenvalue weighted by atomic mass is 35.5. The zero-order valence-corrected chi connectivity index (χ0v) is 17.2. The second-order valence-electron chi connectivity index (χ2n) is 7.51. The van der Waals surface area contributed by atoms with Crippen molar-refractivity contribution in [2.24, 2.45) is 17.6 Å². The lowest BCUT2D eigenvalue weighted by atomic mass is 9.67. The van der Waals surface area contributed by atoms with Crippen LogP contribution in [0.15, 0.2) is 18.2 Å². The number of halogens is 1. The van der Waals surface area contributed by atoms with E-state index in [0.717, 1.165) is 25.7 Å². The third-order valence-corrected chi connectivity index (χ3v) is 5.74. The maximum Gasteiger partial charge on any atom is 0.257 e. The summed E-state index contributed by atoms with van der Waals surface area (Å²) in [7, 11) is 3.06. The first-order valence-corrected chi connectivity index (χ1v) is 9.59. The fraction of sp³-hybridized carbons (Fsp3) is 0.600. The van der Waals surface area contributed by atoms with Gasteiger partial charge in [-0.15, -0.1) is 12.4 Å². The molecule has 0 spiro atoms. The SMILES string of the molecule is CNC(=O)COc1ccc(C(=O)NC2C3CCCC2CC(N)C3)cc1OC.Cl. The normalized spacial score (nSPS) is 25.8. The highest BCUT2D eigenvalue weighted by Crippen LogP contribution is 2.40. The van der Waals surface area contributed by atoms with Crippen LogP contribution in [0.5, 0.6) is 11.5 Å². The first-order valence-electron chi connectivity index (χ1n) is 9.59. The zero-order valence-electron chi connectivity index (χ0n) is 16.4. The number of carbonyl (C=O) groups is 2. The quantitative estimate of drug-likeness (QED) is 0.663. The Morgan fingerprint density at radius 2 is 1.86 bits per heavy atom. The van der Waals surface area contributed by atoms with Gasteiger partial charge in [0.05, 0.1) is 7.11 Å². The van der Waals surface area contributed by atoms with E-state index >= 15 is 0 Å². The third kappa shape index (κ3) is 5.08. The Balaban J connectivity index is 0.00000280. The Hall–Kier alpha value is -1.99. The number of hydrogen-bond acceptors (Lipinski definition) is 5. The predicted molar refractivity (Wildman–Crippen MR) is 109 cm³/mol. The van der Waals surface area contributed by atoms with Crippen LogP contribution in [0, 0.1) is 11.8 Å². The smallest absolute Gasteiger partial charge is 0.257 e. The fourth-order valence-electron chi connectivity index (χ4n) is 4.40. The van der Waals surface area contributed by atoms with Crippen LogP contribution < -0.4 is 25.8 Å². The molecule has 2 saturated carbocycles. The summed E-state index contributed by atoms with van der Waals surface area (Å²) >= 11 is 0. The molecule has 2 bridgehead atoms. The summed E-state index contributed by atoms with van der Waals surface area (Å²) in [5.74, 6) is 1.45. The molecule has 0 saturated heterocycles. The minimum atomic E-state index is -0.235. The molecule has 1 aromatic carbocycles. The summed E-state index contributed by atoms with van der Waals surface area (Å²) in [5, 5.41) is 5.73. The van der Waals surface area contributed by atoms with Crippen molar-refractivity contribution in [1.82, 2.24) is 10.6 Å². The van der Waals surface area contributed by atoms with Gasteiger partial charge in [-0.3, -0.25) is 9.59 Å². The number of rotatable bonds is 6. The molecule has 3 rings (SSSR count). The van der Waals surface area contributed by atoms with Crippen LogP contribution in [0.4, 0.5) is 0 Å². The molecule has 0 heterocycles. The van der Waals surface area contributed by atoms with Gasteiger partial charge in [0.1, 0.15) is 0 Å². The molecule has 2 amide bonds. The number of carbonyl (C=O) groups excluding carboxylic acids is 2. The molecule has 156 valence electrons. The zero-order chi connectivity index (χ0) is 19.4. The van der Waals surface area contributed by atoms with E-state index in [4.69, 9.17) is 15.2 Å². The molecule has 0 radical (unpaired) electrons. The van der Waals surface area contributed by atoms with Crippen LogP contribution in [-0.2, 0) is 4.79 Å². The Labute approximate surface area is 172 Å². The molecule has 4 N–H and O–H groups in total. The summed E-state index contributed by atoms with van der Waals surface area (Å²) in [6, 6.07) is 5.46. The molecule has 0 aliphatic heterocycles. The summed E-state index contributed by atoms with van der Waals surface area (Å²) in [6.45, 7) is -0.107. The van der Waals surface area contributed by atoms with Gasteiger partial charge in [0.2, 0.25) is 0 Å². The minimum Gasteiger partial charge on any atom is -0.493 e. The Bertz CT molecular complexity index is 686. The minimum absolute atomic E-state index is 0. The van der Waals surface area contributed by atoms with E-state index in [9.17, 15) is 9.59 Å². The van der Waals surface area contributed by atoms with Crippen LogP contribution in [0.3, 0.4) is 0 Å². The van der Waals surface area contributed by atoms with Gasteiger partial charge in [-0.1, -0.05) is 6.42 Å². The fourth-order valence-corrected chi connectivity index (χ4v) is 4.40. The maximum absolute atomic E-state index is 12.8. The average molecular weight is 412 g/mol. The Kier molecular flexibility index (Phi) is 7.95. The number of likely N-dealkylation sites (N-methyl/N-ethyl adjacent to an activating group) is 1. The second-order valence-corrected chi connectivity index (χ2v) is 7.51. The van der Waals surface area contributed by atoms with Crippen molar-refractivity contribution in [3.8, 4) is 11.5 Å². The van der Waals surface area contributed by atoms with Gasteiger partial charge in [-0.05, 0) is 55.7 Å². The molecular formula is C20H30ClN3O4. The van der Waals surface area contributed by atoms with Crippen LogP contribution in [0.1, 0.15) is 42.5 Å². The standard InChI is InChI=1S/C20H29N3O4.ClH/c1-22-18(24)11-27-16-7-6-14(10-17(16)26-2)20(25)23-19-12-4-3-5-13(19)9-15(21)8-12;/h6-7,10,12-13,15,19H,3-5,8-9,11,21H2,1-2H3,(H,22,24)(H,23,25);1H. The van der Waals surface area contributed by atoms with E-state index in [2.05, 4.69) is 10.6 Å². The number of ether oxygens (including phenoxy) is 2. The van der Waals surface area contributed by atoms with Gasteiger partial charge < -0.3 is 25.8 Å². The van der Waals surface area contributed by atoms with Crippen LogP contribution in [0.25, 0.3) is 0 Å². The molecular weight excluding hydrogens is 382 g/mol. The van der Waals surface area contributed by atoms with E-state index in [-0.39, 0.29) is 42.9 Å². The molecule has 0 aromatic heterocycles. The van der Waals surface area contributed by atoms with Crippen molar-refractivity contribution in [2.75, 3.05) is 20.8 Å². The first kappa shape index (κ1) is 22.3. The molecule has 7 nitrogen and oxygen atoms in total. The summed E-state index contributed by atoms with van der Waals surface area (Å²) in [6.07, 6.45) is 5.45. The molecule has 8 heteroatoms. The number of benzene rings is 1. The monoisotopic (exact) mass is 411 g/mol. The average Bonchev–Trinajstić information content (AvgIpc) is 2.66. The largest absolute Gasteiger partial charge is 0.493 e. The van der Waals surface area contributed by atoms with Crippen molar-refractivity contribution in [3.05, 3.63) is 23.8 Å². The van der Waals surface area contributed by atoms with Crippen molar-refractivity contribution in [1.29, 1.82) is 0 Å². The van der Waals surface area contributed by atoms with Crippen LogP contribution in [0.2, 0.25) is 0 Å². The van der Waals surface area contributed by atoms with E-state index in [1.165, 1.54) is 13.5 Å². The van der Waals surface area contributed by atoms with Crippen LogP contribution >= 0.6 is 12.4 Å². The lowest BCUT2D eigenvalue weighted by Gasteiger charge is -2.45. The van der Waals surface area contributed by atoms with Crippen molar-refractivity contribution in [3.63, 3.8) is 0 Å². The second kappa shape index (κ2) is 9.98. The van der Waals surface area contributed by atoms with Gasteiger partial charge in [0, 0.05) is 24.7 Å². The van der Waals surface area contributed by atoms with Crippen molar-refractivity contribution in [2.45, 2.75) is 44.2 Å². The number of hydrogen-bond donors (Lipinski definition) is 3. The van der Waals surface area contributed by atoms with E-state index in [1.54, 1.807) is 25.2 Å². The molecule has 2 fully saturated rings. The third-order valence-electron chi connectivity index (χ3n) is 5.74. The molecule has 2 aliphatic carbocycles. The molecule has 1 aromatic rings. The number of nitrogens with one attached hydrogen (secondary N) is 2. The summed E-state index contributed by atoms with van der Waals surface area (Å²) < 4.78 is 10.8. The highest BCUT2D eigenvalue weighted by Gasteiger charge is 2.40. The first-order chi connectivity index (χ1) is 13.0. The number of fused-ring (bicyclic) bond motifs is 2. The van der Waals surface area contributed by atoms with Crippen LogP contribution in [-0.4, -0.2) is 44.7 Å². The van der Waals surface area contributed by atoms with E-state index in [1.807, 2.05) is 0 Å². The number of amides is 2. The Morgan fingerprint density at radius 1 is 1.18 bits per heavy atom. The lowest BCUT2D eigenvalue weighted by Crippen LogP contribution is -2.53. The van der Waals surface area contributed by atoms with E-state index in [0.29, 0.717) is 28.9 Å². The highest BCUT2D eigenvalue weighted by molar-refractivity contribution is 5.95.